The van der Waals surface area contributed by atoms with Gasteiger partial charge >= 0.3 is 0 Å². The molecule has 1 aromatic heterocycles. The first-order chi connectivity index (χ1) is 13.0. The number of benzene rings is 1. The number of carbonyl (C=O) groups excluding carboxylic acids is 1. The van der Waals surface area contributed by atoms with Gasteiger partial charge in [0.1, 0.15) is 5.82 Å². The van der Waals surface area contributed by atoms with E-state index in [0.29, 0.717) is 17.9 Å². The van der Waals surface area contributed by atoms with Crippen molar-refractivity contribution >= 4 is 16.9 Å². The number of likely N-dealkylation sites (tertiary alicyclic amines) is 1. The van der Waals surface area contributed by atoms with Crippen LogP contribution in [0.25, 0.3) is 11.0 Å². The second-order valence-corrected chi connectivity index (χ2v) is 8.66. The maximum absolute atomic E-state index is 11.3. The van der Waals surface area contributed by atoms with Gasteiger partial charge in [-0.15, -0.1) is 0 Å². The lowest BCUT2D eigenvalue weighted by Gasteiger charge is -2.29. The summed E-state index contributed by atoms with van der Waals surface area (Å²) in [5.74, 6) is 2.12. The number of ether oxygens (including phenoxy) is 1. The summed E-state index contributed by atoms with van der Waals surface area (Å²) < 4.78 is 6.46. The van der Waals surface area contributed by atoms with E-state index < -0.39 is 0 Å². The van der Waals surface area contributed by atoms with Gasteiger partial charge < -0.3 is 15.0 Å². The van der Waals surface area contributed by atoms with Crippen LogP contribution in [0.15, 0.2) is 18.2 Å². The van der Waals surface area contributed by atoms with Crippen LogP contribution in [0.3, 0.4) is 0 Å². The number of hydrogen-bond acceptors (Lipinski definition) is 4. The molecule has 1 spiro atoms. The number of aryl methyl sites for hydroxylation is 1. The van der Waals surface area contributed by atoms with Crippen LogP contribution in [0.5, 0.6) is 0 Å². The summed E-state index contributed by atoms with van der Waals surface area (Å²) in [5, 5.41) is 3.02. The van der Waals surface area contributed by atoms with Gasteiger partial charge in [0, 0.05) is 51.4 Å². The Morgan fingerprint density at radius 2 is 2.37 bits per heavy atom. The third-order valence-corrected chi connectivity index (χ3v) is 6.79. The summed E-state index contributed by atoms with van der Waals surface area (Å²) in [4.78, 5) is 22.1. The van der Waals surface area contributed by atoms with Gasteiger partial charge in [0.25, 0.3) is 0 Å². The average molecular weight is 368 g/mol. The zero-order valence-electron chi connectivity index (χ0n) is 16.1. The molecule has 0 unspecified atom stereocenters. The SMILES string of the molecule is CC(=O)NC[C@H]1[C@H]2CN(CCc3nc4ccc(C)cc4[nH]3)C[C@]23CC[C@H]1O3. The number of aromatic amines is 1. The van der Waals surface area contributed by atoms with E-state index in [-0.39, 0.29) is 11.5 Å². The predicted octanol–water partition coefficient (Wildman–Crippen LogP) is 2.03. The van der Waals surface area contributed by atoms with Gasteiger partial charge in [-0.05, 0) is 37.5 Å². The second kappa shape index (κ2) is 6.31. The molecule has 4 heterocycles. The third-order valence-electron chi connectivity index (χ3n) is 6.79. The van der Waals surface area contributed by atoms with Crippen molar-refractivity contribution < 1.29 is 9.53 Å². The molecule has 2 aromatic rings. The number of carbonyl (C=O) groups is 1. The Hall–Kier alpha value is -1.92. The zero-order chi connectivity index (χ0) is 18.6. The Kier molecular flexibility index (Phi) is 4.02. The first-order valence-electron chi connectivity index (χ1n) is 10.1. The summed E-state index contributed by atoms with van der Waals surface area (Å²) in [5.41, 5.74) is 3.45. The molecule has 144 valence electrons. The molecule has 6 heteroatoms. The maximum atomic E-state index is 11.3. The van der Waals surface area contributed by atoms with Gasteiger partial charge in [0.05, 0.1) is 22.7 Å². The normalized spacial score (nSPS) is 32.3. The number of fused-ring (bicyclic) bond motifs is 2. The summed E-state index contributed by atoms with van der Waals surface area (Å²) in [6.45, 7) is 7.54. The topological polar surface area (TPSA) is 70.2 Å². The molecular formula is C21H28N4O2. The highest BCUT2D eigenvalue weighted by Gasteiger charge is 2.62. The van der Waals surface area contributed by atoms with Gasteiger partial charge in [-0.3, -0.25) is 9.69 Å². The van der Waals surface area contributed by atoms with E-state index >= 15 is 0 Å². The Morgan fingerprint density at radius 3 is 3.22 bits per heavy atom. The minimum absolute atomic E-state index is 0.0266. The van der Waals surface area contributed by atoms with E-state index in [4.69, 9.17) is 9.72 Å². The lowest BCUT2D eigenvalue weighted by Crippen LogP contribution is -2.41. The van der Waals surface area contributed by atoms with E-state index in [2.05, 4.69) is 40.3 Å². The number of H-pyrrole nitrogens is 1. The molecule has 3 saturated heterocycles. The largest absolute Gasteiger partial charge is 0.370 e. The lowest BCUT2D eigenvalue weighted by molar-refractivity contribution is -0.119. The van der Waals surface area contributed by atoms with Crippen molar-refractivity contribution in [1.82, 2.24) is 20.2 Å². The van der Waals surface area contributed by atoms with Crippen LogP contribution < -0.4 is 5.32 Å². The number of nitrogens with one attached hydrogen (secondary N) is 2. The highest BCUT2D eigenvalue weighted by atomic mass is 16.5. The molecule has 2 bridgehead atoms. The standard InChI is InChI=1S/C21H28N4O2/c1-13-3-4-17-18(9-13)24-20(23-17)6-8-25-11-16-15(10-22-14(2)26)19-5-7-21(16,12-25)27-19/h3-4,9,15-16,19H,5-8,10-12H2,1-2H3,(H,22,26)(H,23,24)/t15-,16+,19+,21+/m0/s1. The molecule has 1 aromatic carbocycles. The first kappa shape index (κ1) is 17.2. The fraction of sp³-hybridized carbons (Fsp3) is 0.619. The van der Waals surface area contributed by atoms with Gasteiger partial charge in [-0.1, -0.05) is 6.07 Å². The smallest absolute Gasteiger partial charge is 0.216 e. The summed E-state index contributed by atoms with van der Waals surface area (Å²) >= 11 is 0. The molecule has 0 saturated carbocycles. The van der Waals surface area contributed by atoms with E-state index in [1.165, 1.54) is 12.0 Å². The Balaban J connectivity index is 1.24. The molecule has 5 rings (SSSR count). The van der Waals surface area contributed by atoms with Crippen molar-refractivity contribution in [2.45, 2.75) is 44.8 Å². The van der Waals surface area contributed by atoms with Crippen molar-refractivity contribution in [2.24, 2.45) is 11.8 Å². The molecule has 0 radical (unpaired) electrons. The van der Waals surface area contributed by atoms with Crippen LogP contribution in [0, 0.1) is 18.8 Å². The van der Waals surface area contributed by atoms with Gasteiger partial charge in [0.15, 0.2) is 0 Å². The minimum Gasteiger partial charge on any atom is -0.370 e. The van der Waals surface area contributed by atoms with Crippen molar-refractivity contribution in [2.75, 3.05) is 26.2 Å². The molecule has 0 aliphatic carbocycles. The molecule has 1 amide bonds. The maximum Gasteiger partial charge on any atom is 0.216 e. The molecule has 27 heavy (non-hydrogen) atoms. The number of nitrogens with zero attached hydrogens (tertiary/aromatic N) is 2. The van der Waals surface area contributed by atoms with Crippen LogP contribution in [-0.2, 0) is 16.0 Å². The van der Waals surface area contributed by atoms with E-state index in [9.17, 15) is 4.79 Å². The molecule has 3 fully saturated rings. The molecule has 4 atom stereocenters. The molecule has 3 aliphatic rings. The molecule has 3 aliphatic heterocycles. The third kappa shape index (κ3) is 2.95. The van der Waals surface area contributed by atoms with E-state index in [1.807, 2.05) is 0 Å². The van der Waals surface area contributed by atoms with E-state index in [1.54, 1.807) is 6.92 Å². The fourth-order valence-electron chi connectivity index (χ4n) is 5.55. The van der Waals surface area contributed by atoms with Crippen LogP contribution in [0.2, 0.25) is 0 Å². The number of rotatable bonds is 5. The number of amides is 1. The van der Waals surface area contributed by atoms with Gasteiger partial charge in [-0.2, -0.15) is 0 Å². The Bertz CT molecular complexity index is 878. The van der Waals surface area contributed by atoms with Crippen LogP contribution in [0.4, 0.5) is 0 Å². The summed E-state index contributed by atoms with van der Waals surface area (Å²) in [7, 11) is 0. The average Bonchev–Trinajstić information content (AvgIpc) is 3.35. The monoisotopic (exact) mass is 368 g/mol. The summed E-state index contributed by atoms with van der Waals surface area (Å²) in [6, 6.07) is 6.35. The van der Waals surface area contributed by atoms with Gasteiger partial charge in [0.2, 0.25) is 5.91 Å². The van der Waals surface area contributed by atoms with Crippen molar-refractivity contribution in [3.63, 3.8) is 0 Å². The highest BCUT2D eigenvalue weighted by molar-refractivity contribution is 5.75. The molecule has 2 N–H and O–H groups in total. The van der Waals surface area contributed by atoms with Crippen molar-refractivity contribution in [3.8, 4) is 0 Å². The Labute approximate surface area is 159 Å². The second-order valence-electron chi connectivity index (χ2n) is 8.66. The Morgan fingerprint density at radius 1 is 1.48 bits per heavy atom. The number of aromatic nitrogens is 2. The quantitative estimate of drug-likeness (QED) is 0.847. The van der Waals surface area contributed by atoms with E-state index in [0.717, 1.165) is 55.9 Å². The number of hydrogen-bond donors (Lipinski definition) is 2. The zero-order valence-corrected chi connectivity index (χ0v) is 16.1. The molecule has 6 nitrogen and oxygen atoms in total. The predicted molar refractivity (Wildman–Crippen MR) is 103 cm³/mol. The molecular weight excluding hydrogens is 340 g/mol. The first-order valence-corrected chi connectivity index (χ1v) is 10.1. The van der Waals surface area contributed by atoms with Crippen molar-refractivity contribution in [1.29, 1.82) is 0 Å². The highest BCUT2D eigenvalue weighted by Crippen LogP contribution is 2.54. The van der Waals surface area contributed by atoms with Crippen molar-refractivity contribution in [3.05, 3.63) is 29.6 Å². The minimum atomic E-state index is 0.0266. The summed E-state index contributed by atoms with van der Waals surface area (Å²) in [6.07, 6.45) is 3.57. The number of imidazole rings is 1. The fourth-order valence-corrected chi connectivity index (χ4v) is 5.55. The van der Waals surface area contributed by atoms with Crippen LogP contribution >= 0.6 is 0 Å². The van der Waals surface area contributed by atoms with Gasteiger partial charge in [-0.25, -0.2) is 4.98 Å². The van der Waals surface area contributed by atoms with Crippen LogP contribution in [0.1, 0.15) is 31.2 Å². The lowest BCUT2D eigenvalue weighted by atomic mass is 9.73. The van der Waals surface area contributed by atoms with Crippen LogP contribution in [-0.4, -0.2) is 58.7 Å².